The second-order valence-corrected chi connectivity index (χ2v) is 3.77. The molecule has 2 fully saturated rings. The van der Waals surface area contributed by atoms with Crippen molar-refractivity contribution in [2.24, 2.45) is 0 Å². The number of hydrogen-bond acceptors (Lipinski definition) is 1. The van der Waals surface area contributed by atoms with E-state index in [0.29, 0.717) is 6.04 Å². The van der Waals surface area contributed by atoms with Crippen LogP contribution in [0.2, 0.25) is 0 Å². The van der Waals surface area contributed by atoms with Gasteiger partial charge in [0, 0.05) is 19.1 Å². The van der Waals surface area contributed by atoms with Gasteiger partial charge in [-0.05, 0) is 25.1 Å². The normalized spacial score (nSPS) is 31.1. The molecule has 0 aromatic heterocycles. The molecule has 1 unspecified atom stereocenters. The Balaban J connectivity index is 2.06. The molecule has 0 aliphatic carbocycles. The molecule has 2 heterocycles. The minimum Gasteiger partial charge on any atom is -0.360 e. The lowest BCUT2D eigenvalue weighted by Gasteiger charge is -2.21. The van der Waals surface area contributed by atoms with Crippen molar-refractivity contribution in [3.05, 3.63) is 0 Å². The quantitative estimate of drug-likeness (QED) is 0.548. The van der Waals surface area contributed by atoms with Crippen LogP contribution in [0.4, 0.5) is 0 Å². The van der Waals surface area contributed by atoms with Gasteiger partial charge in [0.1, 0.15) is 0 Å². The van der Waals surface area contributed by atoms with E-state index in [-0.39, 0.29) is 0 Å². The Bertz CT molecular complexity index is 169. The number of rotatable bonds is 0. The number of nitrogens with one attached hydrogen (secondary N) is 1. The van der Waals surface area contributed by atoms with Crippen molar-refractivity contribution in [2.75, 3.05) is 13.1 Å². The summed E-state index contributed by atoms with van der Waals surface area (Å²) in [7, 11) is 0. The summed E-state index contributed by atoms with van der Waals surface area (Å²) in [5.41, 5.74) is 0. The molecule has 2 rings (SSSR count). The first kappa shape index (κ1) is 7.35. The Labute approximate surface area is 73.0 Å². The SMILES string of the molecule is S=C1NCC2CCCCCN12. The Kier molecular flexibility index (Phi) is 1.98. The smallest absolute Gasteiger partial charge is 0.169 e. The Morgan fingerprint density at radius 1 is 1.36 bits per heavy atom. The molecule has 0 saturated carbocycles. The van der Waals surface area contributed by atoms with Crippen molar-refractivity contribution in [2.45, 2.75) is 31.7 Å². The van der Waals surface area contributed by atoms with Crippen molar-refractivity contribution in [3.8, 4) is 0 Å². The summed E-state index contributed by atoms with van der Waals surface area (Å²) in [5, 5.41) is 4.23. The highest BCUT2D eigenvalue weighted by atomic mass is 32.1. The topological polar surface area (TPSA) is 15.3 Å². The van der Waals surface area contributed by atoms with Crippen molar-refractivity contribution >= 4 is 17.3 Å². The molecule has 0 aromatic carbocycles. The van der Waals surface area contributed by atoms with Crippen molar-refractivity contribution in [1.82, 2.24) is 10.2 Å². The van der Waals surface area contributed by atoms with E-state index in [1.807, 2.05) is 0 Å². The molecule has 2 aliphatic rings. The molecule has 0 aromatic rings. The van der Waals surface area contributed by atoms with Crippen molar-refractivity contribution < 1.29 is 0 Å². The van der Waals surface area contributed by atoms with Crippen LogP contribution in [0.3, 0.4) is 0 Å². The number of fused-ring (bicyclic) bond motifs is 1. The summed E-state index contributed by atoms with van der Waals surface area (Å²) >= 11 is 5.19. The van der Waals surface area contributed by atoms with Crippen LogP contribution in [0, 0.1) is 0 Å². The first-order valence-electron chi connectivity index (χ1n) is 4.42. The number of thiocarbonyl (C=S) groups is 1. The van der Waals surface area contributed by atoms with Gasteiger partial charge < -0.3 is 10.2 Å². The predicted molar refractivity (Wildman–Crippen MR) is 49.6 cm³/mol. The van der Waals surface area contributed by atoms with Gasteiger partial charge in [0.05, 0.1) is 0 Å². The van der Waals surface area contributed by atoms with Gasteiger partial charge in [-0.25, -0.2) is 0 Å². The number of hydrogen-bond donors (Lipinski definition) is 1. The Hall–Kier alpha value is -0.310. The van der Waals surface area contributed by atoms with Crippen LogP contribution < -0.4 is 5.32 Å². The van der Waals surface area contributed by atoms with E-state index in [9.17, 15) is 0 Å². The summed E-state index contributed by atoms with van der Waals surface area (Å²) in [6, 6.07) is 0.713. The molecule has 2 nitrogen and oxygen atoms in total. The fourth-order valence-corrected chi connectivity index (χ4v) is 2.29. The largest absolute Gasteiger partial charge is 0.360 e. The first-order chi connectivity index (χ1) is 5.38. The molecule has 2 saturated heterocycles. The van der Waals surface area contributed by atoms with E-state index >= 15 is 0 Å². The minimum atomic E-state index is 0.713. The Morgan fingerprint density at radius 2 is 2.27 bits per heavy atom. The molecule has 62 valence electrons. The predicted octanol–water partition coefficient (Wildman–Crippen LogP) is 1.12. The average molecular weight is 170 g/mol. The molecule has 0 bridgehead atoms. The molecule has 3 heteroatoms. The third-order valence-electron chi connectivity index (χ3n) is 2.63. The van der Waals surface area contributed by atoms with E-state index in [0.717, 1.165) is 11.7 Å². The van der Waals surface area contributed by atoms with Gasteiger partial charge in [-0.15, -0.1) is 0 Å². The fourth-order valence-electron chi connectivity index (χ4n) is 1.96. The van der Waals surface area contributed by atoms with Gasteiger partial charge >= 0.3 is 0 Å². The summed E-state index contributed by atoms with van der Waals surface area (Å²) < 4.78 is 0. The van der Waals surface area contributed by atoms with E-state index in [1.165, 1.54) is 32.2 Å². The molecule has 1 N–H and O–H groups in total. The maximum atomic E-state index is 5.19. The highest BCUT2D eigenvalue weighted by Crippen LogP contribution is 2.19. The van der Waals surface area contributed by atoms with Crippen molar-refractivity contribution in [1.29, 1.82) is 0 Å². The highest BCUT2D eigenvalue weighted by Gasteiger charge is 2.28. The molecular formula is C8H14N2S. The van der Waals surface area contributed by atoms with Gasteiger partial charge in [0.2, 0.25) is 0 Å². The van der Waals surface area contributed by atoms with E-state index in [4.69, 9.17) is 12.2 Å². The summed E-state index contributed by atoms with van der Waals surface area (Å²) in [6.45, 7) is 2.26. The van der Waals surface area contributed by atoms with E-state index in [1.54, 1.807) is 0 Å². The van der Waals surface area contributed by atoms with Crippen LogP contribution >= 0.6 is 12.2 Å². The van der Waals surface area contributed by atoms with Gasteiger partial charge in [0.15, 0.2) is 5.11 Å². The molecule has 0 spiro atoms. The molecule has 0 radical (unpaired) electrons. The second-order valence-electron chi connectivity index (χ2n) is 3.38. The zero-order valence-electron chi connectivity index (χ0n) is 6.68. The van der Waals surface area contributed by atoms with Crippen LogP contribution in [0.25, 0.3) is 0 Å². The first-order valence-corrected chi connectivity index (χ1v) is 4.83. The highest BCUT2D eigenvalue weighted by molar-refractivity contribution is 7.80. The summed E-state index contributed by atoms with van der Waals surface area (Å²) in [4.78, 5) is 2.36. The molecule has 2 aliphatic heterocycles. The maximum absolute atomic E-state index is 5.19. The van der Waals surface area contributed by atoms with Gasteiger partial charge in [-0.2, -0.15) is 0 Å². The second kappa shape index (κ2) is 2.97. The van der Waals surface area contributed by atoms with Crippen molar-refractivity contribution in [3.63, 3.8) is 0 Å². The van der Waals surface area contributed by atoms with Crippen LogP contribution in [0.1, 0.15) is 25.7 Å². The summed E-state index contributed by atoms with van der Waals surface area (Å²) in [5.74, 6) is 0. The van der Waals surface area contributed by atoms with Crippen LogP contribution in [-0.4, -0.2) is 29.1 Å². The lowest BCUT2D eigenvalue weighted by Crippen LogP contribution is -2.33. The maximum Gasteiger partial charge on any atom is 0.169 e. The van der Waals surface area contributed by atoms with E-state index in [2.05, 4.69) is 10.2 Å². The fraction of sp³-hybridized carbons (Fsp3) is 0.875. The molecule has 1 atom stereocenters. The zero-order valence-corrected chi connectivity index (χ0v) is 7.49. The monoisotopic (exact) mass is 170 g/mol. The summed E-state index contributed by atoms with van der Waals surface area (Å²) in [6.07, 6.45) is 5.41. The van der Waals surface area contributed by atoms with Gasteiger partial charge in [-0.3, -0.25) is 0 Å². The molecular weight excluding hydrogens is 156 g/mol. The Morgan fingerprint density at radius 3 is 3.18 bits per heavy atom. The lowest BCUT2D eigenvalue weighted by molar-refractivity contribution is 0.359. The van der Waals surface area contributed by atoms with E-state index < -0.39 is 0 Å². The van der Waals surface area contributed by atoms with Crippen LogP contribution in [0.5, 0.6) is 0 Å². The standard InChI is InChI=1S/C8H14N2S/c11-8-9-6-7-4-2-1-3-5-10(7)8/h7H,1-6H2,(H,9,11). The number of nitrogens with zero attached hydrogens (tertiary/aromatic N) is 1. The third-order valence-corrected chi connectivity index (χ3v) is 3.01. The average Bonchev–Trinajstić information content (AvgIpc) is 2.25. The van der Waals surface area contributed by atoms with Gasteiger partial charge in [-0.1, -0.05) is 12.8 Å². The third kappa shape index (κ3) is 1.34. The van der Waals surface area contributed by atoms with Crippen LogP contribution in [0.15, 0.2) is 0 Å². The lowest BCUT2D eigenvalue weighted by atomic mass is 10.1. The zero-order chi connectivity index (χ0) is 7.68. The molecule has 11 heavy (non-hydrogen) atoms. The van der Waals surface area contributed by atoms with Crippen LogP contribution in [-0.2, 0) is 0 Å². The molecule has 0 amide bonds. The van der Waals surface area contributed by atoms with Gasteiger partial charge in [0.25, 0.3) is 0 Å². The minimum absolute atomic E-state index is 0.713.